The number of rotatable bonds is 2. The van der Waals surface area contributed by atoms with E-state index in [9.17, 15) is 4.55 Å². The lowest BCUT2D eigenvalue weighted by Gasteiger charge is -2.17. The lowest BCUT2D eigenvalue weighted by Crippen LogP contribution is -2.25. The standard InChI is InChI=1S/C10H13ClN2OS/c1-10(2,3)15(14)13-6-8-4-9(11)7-12-5-8/h4-7H,1-3H3/t15-/m1/s1. The van der Waals surface area contributed by atoms with Crippen LogP contribution in [0.5, 0.6) is 0 Å². The molecule has 15 heavy (non-hydrogen) atoms. The SMILES string of the molecule is CC(C)(C)[S@@+]([O-])N=Cc1cncc(Cl)c1. The molecule has 3 nitrogen and oxygen atoms in total. The summed E-state index contributed by atoms with van der Waals surface area (Å²) in [5.74, 6) is 0. The van der Waals surface area contributed by atoms with Crippen LogP contribution in [0.25, 0.3) is 0 Å². The molecule has 0 radical (unpaired) electrons. The Morgan fingerprint density at radius 1 is 1.47 bits per heavy atom. The number of halogens is 1. The van der Waals surface area contributed by atoms with E-state index in [4.69, 9.17) is 11.6 Å². The van der Waals surface area contributed by atoms with Crippen molar-refractivity contribution in [2.75, 3.05) is 0 Å². The quantitative estimate of drug-likeness (QED) is 0.593. The third kappa shape index (κ3) is 4.20. The molecular formula is C10H13ClN2OS. The molecular weight excluding hydrogens is 232 g/mol. The smallest absolute Gasteiger partial charge is 0.144 e. The van der Waals surface area contributed by atoms with E-state index in [1.54, 1.807) is 18.5 Å². The maximum Gasteiger partial charge on any atom is 0.144 e. The Balaban J connectivity index is 2.74. The van der Waals surface area contributed by atoms with E-state index in [0.717, 1.165) is 5.56 Å². The maximum atomic E-state index is 11.6. The van der Waals surface area contributed by atoms with Gasteiger partial charge in [0, 0.05) is 18.0 Å². The number of hydrogen-bond acceptors (Lipinski definition) is 3. The molecule has 0 bridgehead atoms. The molecule has 0 saturated heterocycles. The highest BCUT2D eigenvalue weighted by Gasteiger charge is 2.25. The van der Waals surface area contributed by atoms with Gasteiger partial charge < -0.3 is 4.55 Å². The number of hydrogen-bond donors (Lipinski definition) is 0. The summed E-state index contributed by atoms with van der Waals surface area (Å²) in [6.45, 7) is 5.62. The van der Waals surface area contributed by atoms with E-state index >= 15 is 0 Å². The Kier molecular flexibility index (Phi) is 4.13. The number of aromatic nitrogens is 1. The topological polar surface area (TPSA) is 48.3 Å². The fourth-order valence-corrected chi connectivity index (χ4v) is 1.48. The van der Waals surface area contributed by atoms with Gasteiger partial charge in [-0.05, 0) is 26.8 Å². The Labute approximate surface area is 97.9 Å². The number of pyridine rings is 1. The van der Waals surface area contributed by atoms with Gasteiger partial charge in [-0.15, -0.1) is 0 Å². The van der Waals surface area contributed by atoms with Gasteiger partial charge >= 0.3 is 0 Å². The van der Waals surface area contributed by atoms with Crippen molar-refractivity contribution in [3.8, 4) is 0 Å². The van der Waals surface area contributed by atoms with Crippen LogP contribution in [0.4, 0.5) is 0 Å². The zero-order chi connectivity index (χ0) is 11.5. The normalized spacial score (nSPS) is 14.5. The van der Waals surface area contributed by atoms with Crippen molar-refractivity contribution in [3.63, 3.8) is 0 Å². The zero-order valence-electron chi connectivity index (χ0n) is 8.90. The van der Waals surface area contributed by atoms with Crippen LogP contribution in [0, 0.1) is 0 Å². The van der Waals surface area contributed by atoms with Crippen molar-refractivity contribution in [2.24, 2.45) is 4.40 Å². The molecule has 1 aromatic heterocycles. The van der Waals surface area contributed by atoms with Crippen molar-refractivity contribution >= 4 is 29.2 Å². The van der Waals surface area contributed by atoms with Crippen LogP contribution in [0.2, 0.25) is 5.02 Å². The van der Waals surface area contributed by atoms with Gasteiger partial charge in [0.1, 0.15) is 16.1 Å². The van der Waals surface area contributed by atoms with Gasteiger partial charge in [-0.25, -0.2) is 0 Å². The minimum Gasteiger partial charge on any atom is -0.591 e. The molecule has 5 heteroatoms. The average molecular weight is 245 g/mol. The van der Waals surface area contributed by atoms with Crippen molar-refractivity contribution in [1.82, 2.24) is 4.98 Å². The lowest BCUT2D eigenvalue weighted by atomic mass is 10.3. The third-order valence-corrected chi connectivity index (χ3v) is 3.10. The van der Waals surface area contributed by atoms with Gasteiger partial charge in [-0.1, -0.05) is 16.0 Å². The van der Waals surface area contributed by atoms with Crippen LogP contribution in [-0.4, -0.2) is 20.5 Å². The largest absolute Gasteiger partial charge is 0.591 e. The minimum atomic E-state index is -1.25. The molecule has 0 unspecified atom stereocenters. The summed E-state index contributed by atoms with van der Waals surface area (Å²) in [5.41, 5.74) is 0.750. The molecule has 0 spiro atoms. The van der Waals surface area contributed by atoms with Crippen LogP contribution in [0.3, 0.4) is 0 Å². The van der Waals surface area contributed by atoms with E-state index in [-0.39, 0.29) is 4.75 Å². The Morgan fingerprint density at radius 3 is 2.67 bits per heavy atom. The van der Waals surface area contributed by atoms with Crippen LogP contribution in [-0.2, 0) is 11.4 Å². The Bertz CT molecular complexity index is 363. The van der Waals surface area contributed by atoms with Gasteiger partial charge in [-0.3, -0.25) is 4.98 Å². The van der Waals surface area contributed by atoms with Crippen LogP contribution in [0.1, 0.15) is 26.3 Å². The van der Waals surface area contributed by atoms with E-state index in [1.807, 2.05) is 20.8 Å². The molecule has 82 valence electrons. The molecule has 1 aromatic rings. The molecule has 1 rings (SSSR count). The van der Waals surface area contributed by atoms with Gasteiger partial charge in [-0.2, -0.15) is 0 Å². The van der Waals surface area contributed by atoms with Gasteiger partial charge in [0.15, 0.2) is 0 Å². The van der Waals surface area contributed by atoms with Crippen molar-refractivity contribution in [3.05, 3.63) is 29.0 Å². The van der Waals surface area contributed by atoms with E-state index in [0.29, 0.717) is 5.02 Å². The molecule has 0 N–H and O–H groups in total. The summed E-state index contributed by atoms with van der Waals surface area (Å²) >= 11 is 4.50. The molecule has 0 aromatic carbocycles. The fourth-order valence-electron chi connectivity index (χ4n) is 0.766. The summed E-state index contributed by atoms with van der Waals surface area (Å²) < 4.78 is 15.2. The van der Waals surface area contributed by atoms with Crippen LogP contribution < -0.4 is 0 Å². The second-order valence-corrected chi connectivity index (χ2v) is 6.40. The Morgan fingerprint density at radius 2 is 2.13 bits per heavy atom. The molecule has 0 aliphatic carbocycles. The second-order valence-electron chi connectivity index (χ2n) is 4.03. The summed E-state index contributed by atoms with van der Waals surface area (Å²) in [7, 11) is 0. The van der Waals surface area contributed by atoms with Crippen molar-refractivity contribution < 1.29 is 4.55 Å². The predicted molar refractivity (Wildman–Crippen MR) is 64.7 cm³/mol. The summed E-state index contributed by atoms with van der Waals surface area (Å²) in [6.07, 6.45) is 4.69. The highest BCUT2D eigenvalue weighted by Crippen LogP contribution is 2.17. The molecule has 1 atom stereocenters. The first-order valence-corrected chi connectivity index (χ1v) is 5.95. The minimum absolute atomic E-state index is 0.345. The summed E-state index contributed by atoms with van der Waals surface area (Å²) in [4.78, 5) is 3.90. The maximum absolute atomic E-state index is 11.6. The molecule has 0 aliphatic heterocycles. The van der Waals surface area contributed by atoms with Gasteiger partial charge in [0.2, 0.25) is 0 Å². The highest BCUT2D eigenvalue weighted by molar-refractivity contribution is 7.91. The molecule has 0 fully saturated rings. The number of nitrogens with zero attached hydrogens (tertiary/aromatic N) is 2. The van der Waals surface area contributed by atoms with Crippen molar-refractivity contribution in [2.45, 2.75) is 25.5 Å². The van der Waals surface area contributed by atoms with Crippen molar-refractivity contribution in [1.29, 1.82) is 0 Å². The summed E-state index contributed by atoms with van der Waals surface area (Å²) in [5, 5.41) is 0.542. The average Bonchev–Trinajstić information content (AvgIpc) is 2.12. The Hall–Kier alpha value is -0.580. The zero-order valence-corrected chi connectivity index (χ0v) is 10.5. The molecule has 0 amide bonds. The highest BCUT2D eigenvalue weighted by atomic mass is 35.5. The predicted octanol–water partition coefficient (Wildman–Crippen LogP) is 2.62. The van der Waals surface area contributed by atoms with Gasteiger partial charge in [0.25, 0.3) is 0 Å². The lowest BCUT2D eigenvalue weighted by molar-refractivity contribution is 0.562. The van der Waals surface area contributed by atoms with E-state index in [2.05, 4.69) is 9.38 Å². The fraction of sp³-hybridized carbons (Fsp3) is 0.400. The first-order valence-electron chi connectivity index (χ1n) is 4.46. The van der Waals surface area contributed by atoms with Gasteiger partial charge in [0.05, 0.1) is 11.2 Å². The molecule has 0 aliphatic rings. The summed E-state index contributed by atoms with van der Waals surface area (Å²) in [6, 6.07) is 1.72. The molecule has 0 saturated carbocycles. The first-order chi connectivity index (χ1) is 6.89. The monoisotopic (exact) mass is 244 g/mol. The van der Waals surface area contributed by atoms with Crippen LogP contribution >= 0.6 is 11.6 Å². The van der Waals surface area contributed by atoms with E-state index in [1.165, 1.54) is 6.21 Å². The van der Waals surface area contributed by atoms with E-state index < -0.39 is 11.4 Å². The molecule has 1 heterocycles. The first kappa shape index (κ1) is 12.5. The second kappa shape index (κ2) is 4.96. The third-order valence-electron chi connectivity index (χ3n) is 1.55. The van der Waals surface area contributed by atoms with Crippen LogP contribution in [0.15, 0.2) is 22.9 Å².